The molecule has 2 aromatic rings. The van der Waals surface area contributed by atoms with Gasteiger partial charge in [0, 0.05) is 30.6 Å². The fraction of sp³-hybridized carbons (Fsp3) is 0.391. The zero-order valence-electron chi connectivity index (χ0n) is 16.8. The van der Waals surface area contributed by atoms with Crippen LogP contribution in [0.3, 0.4) is 0 Å². The summed E-state index contributed by atoms with van der Waals surface area (Å²) in [6, 6.07) is 10.0. The van der Waals surface area contributed by atoms with E-state index >= 15 is 0 Å². The van der Waals surface area contributed by atoms with Crippen LogP contribution < -0.4 is 9.47 Å². The summed E-state index contributed by atoms with van der Waals surface area (Å²) in [6.07, 6.45) is -2.72. The van der Waals surface area contributed by atoms with Crippen molar-refractivity contribution in [2.24, 2.45) is 5.92 Å². The highest BCUT2D eigenvalue weighted by Crippen LogP contribution is 2.32. The summed E-state index contributed by atoms with van der Waals surface area (Å²) in [6.45, 7) is 1.46. The zero-order chi connectivity index (χ0) is 22.0. The molecular formula is C23H22F3NO4. The fourth-order valence-electron chi connectivity index (χ4n) is 3.87. The largest absolute Gasteiger partial charge is 0.493 e. The number of ether oxygens (including phenoxy) is 2. The third-order valence-electron chi connectivity index (χ3n) is 5.63. The van der Waals surface area contributed by atoms with Crippen molar-refractivity contribution in [3.8, 4) is 11.5 Å². The Hall–Kier alpha value is -3.03. The average Bonchev–Trinajstić information content (AvgIpc) is 2.76. The number of fused-ring (bicyclic) bond motifs is 1. The minimum Gasteiger partial charge on any atom is -0.493 e. The van der Waals surface area contributed by atoms with Crippen molar-refractivity contribution in [2.75, 3.05) is 26.3 Å². The normalized spacial score (nSPS) is 17.1. The summed E-state index contributed by atoms with van der Waals surface area (Å²) in [5.74, 6) is 0.880. The molecule has 0 spiro atoms. The number of rotatable bonds is 4. The number of Topliss-reactive ketones (excluding diaryl/α,β-unsaturated/α-hetero) is 1. The highest BCUT2D eigenvalue weighted by molar-refractivity contribution is 5.95. The molecule has 2 aromatic carbocycles. The molecule has 1 amide bonds. The lowest BCUT2D eigenvalue weighted by atomic mass is 9.96. The fourth-order valence-corrected chi connectivity index (χ4v) is 3.87. The summed E-state index contributed by atoms with van der Waals surface area (Å²) in [7, 11) is 0. The van der Waals surface area contributed by atoms with Gasteiger partial charge >= 0.3 is 6.18 Å². The van der Waals surface area contributed by atoms with Crippen molar-refractivity contribution in [2.45, 2.75) is 25.4 Å². The van der Waals surface area contributed by atoms with E-state index in [1.807, 2.05) is 0 Å². The number of piperidine rings is 1. The van der Waals surface area contributed by atoms with Crippen LogP contribution >= 0.6 is 0 Å². The molecule has 8 heteroatoms. The zero-order valence-corrected chi connectivity index (χ0v) is 16.8. The van der Waals surface area contributed by atoms with Gasteiger partial charge in [-0.2, -0.15) is 13.2 Å². The van der Waals surface area contributed by atoms with Crippen LogP contribution in [0.2, 0.25) is 0 Å². The third kappa shape index (κ3) is 5.00. The summed E-state index contributed by atoms with van der Waals surface area (Å²) < 4.78 is 49.4. The average molecular weight is 433 g/mol. The first-order chi connectivity index (χ1) is 14.8. The molecule has 4 rings (SSSR count). The minimum absolute atomic E-state index is 0.0151. The number of carbonyl (C=O) groups is 2. The topological polar surface area (TPSA) is 55.8 Å². The van der Waals surface area contributed by atoms with Crippen LogP contribution in [0.4, 0.5) is 13.2 Å². The number of carbonyl (C=O) groups excluding carboxylic acids is 2. The Bertz CT molecular complexity index is 981. The van der Waals surface area contributed by atoms with Gasteiger partial charge in [0.05, 0.1) is 12.2 Å². The van der Waals surface area contributed by atoms with E-state index in [0.29, 0.717) is 43.9 Å². The number of alkyl halides is 3. The standard InChI is InChI=1S/C23H22F3NO4/c24-23(25,26)18-2-1-3-20(12-18)30-13-15-6-8-27(9-7-15)22(29)16-4-5-21-17(10-16)11-19(28)14-31-21/h1-5,10,12,15H,6-9,11,13-14H2. The number of likely N-dealkylation sites (tertiary alicyclic amines) is 1. The monoisotopic (exact) mass is 433 g/mol. The second kappa shape index (κ2) is 8.61. The summed E-state index contributed by atoms with van der Waals surface area (Å²) in [4.78, 5) is 26.2. The van der Waals surface area contributed by atoms with Gasteiger partial charge < -0.3 is 14.4 Å². The number of nitrogens with zero attached hydrogens (tertiary/aromatic N) is 1. The molecule has 164 valence electrons. The molecule has 0 aliphatic carbocycles. The molecule has 0 radical (unpaired) electrons. The Morgan fingerprint density at radius 3 is 2.65 bits per heavy atom. The second-order valence-electron chi connectivity index (χ2n) is 7.90. The van der Waals surface area contributed by atoms with E-state index in [-0.39, 0.29) is 36.4 Å². The Balaban J connectivity index is 1.30. The van der Waals surface area contributed by atoms with Crippen LogP contribution in [0.1, 0.15) is 34.3 Å². The highest BCUT2D eigenvalue weighted by atomic mass is 19.4. The number of hydrogen-bond acceptors (Lipinski definition) is 4. The van der Waals surface area contributed by atoms with Gasteiger partial charge in [0.15, 0.2) is 5.78 Å². The predicted octanol–water partition coefficient (Wildman–Crippen LogP) is 4.14. The highest BCUT2D eigenvalue weighted by Gasteiger charge is 2.31. The van der Waals surface area contributed by atoms with Crippen LogP contribution in [0, 0.1) is 5.92 Å². The summed E-state index contributed by atoms with van der Waals surface area (Å²) in [5.41, 5.74) is 0.518. The summed E-state index contributed by atoms with van der Waals surface area (Å²) >= 11 is 0. The van der Waals surface area contributed by atoms with Gasteiger partial charge in [-0.1, -0.05) is 6.07 Å². The number of hydrogen-bond donors (Lipinski definition) is 0. The van der Waals surface area contributed by atoms with Crippen LogP contribution in [-0.2, 0) is 17.4 Å². The van der Waals surface area contributed by atoms with Gasteiger partial charge in [-0.3, -0.25) is 9.59 Å². The lowest BCUT2D eigenvalue weighted by Crippen LogP contribution is -2.39. The lowest BCUT2D eigenvalue weighted by Gasteiger charge is -2.32. The Morgan fingerprint density at radius 2 is 1.90 bits per heavy atom. The molecule has 2 aliphatic rings. The number of halogens is 3. The Morgan fingerprint density at radius 1 is 1.13 bits per heavy atom. The Kier molecular flexibility index (Phi) is 5.89. The molecule has 1 saturated heterocycles. The number of benzene rings is 2. The molecule has 5 nitrogen and oxygen atoms in total. The van der Waals surface area contributed by atoms with Gasteiger partial charge in [-0.25, -0.2) is 0 Å². The molecule has 1 fully saturated rings. The first-order valence-corrected chi connectivity index (χ1v) is 10.2. The maximum atomic E-state index is 12.8. The predicted molar refractivity (Wildman–Crippen MR) is 106 cm³/mol. The van der Waals surface area contributed by atoms with Crippen molar-refractivity contribution < 1.29 is 32.2 Å². The van der Waals surface area contributed by atoms with E-state index < -0.39 is 11.7 Å². The van der Waals surface area contributed by atoms with E-state index in [1.54, 1.807) is 23.1 Å². The van der Waals surface area contributed by atoms with Crippen molar-refractivity contribution in [3.63, 3.8) is 0 Å². The quantitative estimate of drug-likeness (QED) is 0.727. The molecule has 31 heavy (non-hydrogen) atoms. The van der Waals surface area contributed by atoms with E-state index in [1.165, 1.54) is 12.1 Å². The maximum Gasteiger partial charge on any atom is 0.416 e. The van der Waals surface area contributed by atoms with E-state index in [0.717, 1.165) is 17.7 Å². The molecule has 2 heterocycles. The van der Waals surface area contributed by atoms with Crippen LogP contribution in [0.25, 0.3) is 0 Å². The van der Waals surface area contributed by atoms with Gasteiger partial charge in [0.2, 0.25) is 0 Å². The first kappa shape index (κ1) is 21.2. The lowest BCUT2D eigenvalue weighted by molar-refractivity contribution is -0.137. The summed E-state index contributed by atoms with van der Waals surface area (Å²) in [5, 5.41) is 0. The van der Waals surface area contributed by atoms with Crippen LogP contribution in [0.5, 0.6) is 11.5 Å². The second-order valence-corrected chi connectivity index (χ2v) is 7.90. The maximum absolute atomic E-state index is 12.8. The van der Waals surface area contributed by atoms with E-state index in [9.17, 15) is 22.8 Å². The molecule has 0 atom stereocenters. The molecule has 0 bridgehead atoms. The molecule has 0 unspecified atom stereocenters. The van der Waals surface area contributed by atoms with Crippen LogP contribution in [0.15, 0.2) is 42.5 Å². The molecule has 0 N–H and O–H groups in total. The first-order valence-electron chi connectivity index (χ1n) is 10.2. The van der Waals surface area contributed by atoms with Crippen LogP contribution in [-0.4, -0.2) is 42.9 Å². The molecule has 0 saturated carbocycles. The van der Waals surface area contributed by atoms with Crippen molar-refractivity contribution in [1.82, 2.24) is 4.90 Å². The van der Waals surface area contributed by atoms with Crippen molar-refractivity contribution >= 4 is 11.7 Å². The number of amides is 1. The molecule has 2 aliphatic heterocycles. The number of ketones is 1. The SMILES string of the molecule is O=C1COc2ccc(C(=O)N3CCC(COc4cccc(C(F)(F)F)c4)CC3)cc2C1. The molecular weight excluding hydrogens is 411 g/mol. The molecule has 0 aromatic heterocycles. The van der Waals surface area contributed by atoms with Crippen molar-refractivity contribution in [3.05, 3.63) is 59.2 Å². The van der Waals surface area contributed by atoms with E-state index in [2.05, 4.69) is 0 Å². The van der Waals surface area contributed by atoms with E-state index in [4.69, 9.17) is 9.47 Å². The van der Waals surface area contributed by atoms with Crippen molar-refractivity contribution in [1.29, 1.82) is 0 Å². The van der Waals surface area contributed by atoms with Gasteiger partial charge in [-0.15, -0.1) is 0 Å². The Labute approximate surface area is 177 Å². The smallest absolute Gasteiger partial charge is 0.416 e. The third-order valence-corrected chi connectivity index (χ3v) is 5.63. The van der Waals surface area contributed by atoms with Gasteiger partial charge in [-0.05, 0) is 55.2 Å². The van der Waals surface area contributed by atoms with Gasteiger partial charge in [0.1, 0.15) is 18.1 Å². The van der Waals surface area contributed by atoms with Gasteiger partial charge in [0.25, 0.3) is 5.91 Å². The minimum atomic E-state index is -4.40.